The molecule has 0 aliphatic carbocycles. The van der Waals surface area contributed by atoms with Crippen molar-refractivity contribution in [2.75, 3.05) is 0 Å². The van der Waals surface area contributed by atoms with Crippen molar-refractivity contribution in [1.29, 1.82) is 0 Å². The number of unbranched alkanes of at least 4 members (excludes halogenated alkanes) is 6. The van der Waals surface area contributed by atoms with E-state index in [4.69, 9.17) is 0 Å². The average Bonchev–Trinajstić information content (AvgIpc) is 2.72. The first-order chi connectivity index (χ1) is 13.8. The van der Waals surface area contributed by atoms with E-state index in [0.29, 0.717) is 0 Å². The maximum atomic E-state index is 2.33. The van der Waals surface area contributed by atoms with Gasteiger partial charge in [-0.1, -0.05) is 88.1 Å². The van der Waals surface area contributed by atoms with E-state index < -0.39 is 0 Å². The molecular weight excluding hydrogens is 336 g/mol. The molecule has 28 heavy (non-hydrogen) atoms. The van der Waals surface area contributed by atoms with Crippen molar-refractivity contribution < 1.29 is 0 Å². The molecule has 0 aliphatic heterocycles. The predicted octanol–water partition coefficient (Wildman–Crippen LogP) is 9.18. The molecule has 3 aromatic rings. The zero-order valence-corrected chi connectivity index (χ0v) is 17.6. The van der Waals surface area contributed by atoms with Crippen LogP contribution in [0.1, 0.15) is 76.3 Å². The fraction of sp³-hybridized carbons (Fsp3) is 0.357. The minimum Gasteiger partial charge on any atom is -0.0839 e. The third-order valence-corrected chi connectivity index (χ3v) is 5.41. The monoisotopic (exact) mass is 370 g/mol. The minimum atomic E-state index is 1.18. The quantitative estimate of drug-likeness (QED) is 0.246. The third-order valence-electron chi connectivity index (χ3n) is 5.41. The van der Waals surface area contributed by atoms with E-state index >= 15 is 0 Å². The van der Waals surface area contributed by atoms with Crippen LogP contribution in [0.25, 0.3) is 33.7 Å². The van der Waals surface area contributed by atoms with E-state index in [1.54, 1.807) is 0 Å². The van der Waals surface area contributed by atoms with Gasteiger partial charge in [-0.3, -0.25) is 0 Å². The molecule has 0 amide bonds. The Kier molecular flexibility index (Phi) is 7.91. The largest absolute Gasteiger partial charge is 0.0839 e. The maximum Gasteiger partial charge on any atom is -0.0172 e. The molecule has 0 radical (unpaired) electrons. The van der Waals surface area contributed by atoms with Gasteiger partial charge in [0.1, 0.15) is 0 Å². The van der Waals surface area contributed by atoms with Crippen LogP contribution in [0.3, 0.4) is 0 Å². The van der Waals surface area contributed by atoms with Gasteiger partial charge in [0.05, 0.1) is 0 Å². The second kappa shape index (κ2) is 10.9. The van der Waals surface area contributed by atoms with Gasteiger partial charge in [0.15, 0.2) is 0 Å². The second-order valence-electron chi connectivity index (χ2n) is 7.86. The van der Waals surface area contributed by atoms with Crippen LogP contribution in [0, 0.1) is 0 Å². The van der Waals surface area contributed by atoms with Crippen molar-refractivity contribution in [3.05, 3.63) is 71.8 Å². The first-order valence-corrected chi connectivity index (χ1v) is 11.1. The van der Waals surface area contributed by atoms with Gasteiger partial charge in [0.2, 0.25) is 0 Å². The van der Waals surface area contributed by atoms with Gasteiger partial charge < -0.3 is 0 Å². The third kappa shape index (κ3) is 5.83. The highest BCUT2D eigenvalue weighted by Gasteiger charge is 2.00. The van der Waals surface area contributed by atoms with Crippen LogP contribution >= 0.6 is 0 Å². The lowest BCUT2D eigenvalue weighted by atomic mass is 9.99. The maximum absolute atomic E-state index is 2.33. The summed E-state index contributed by atoms with van der Waals surface area (Å²) < 4.78 is 0. The molecule has 3 aromatic carbocycles. The van der Waals surface area contributed by atoms with Crippen molar-refractivity contribution >= 4 is 33.7 Å². The van der Waals surface area contributed by atoms with Crippen LogP contribution in [-0.4, -0.2) is 0 Å². The van der Waals surface area contributed by atoms with Gasteiger partial charge in [-0.25, -0.2) is 0 Å². The van der Waals surface area contributed by atoms with E-state index in [1.165, 1.54) is 84.0 Å². The number of fused-ring (bicyclic) bond motifs is 2. The van der Waals surface area contributed by atoms with E-state index in [1.807, 2.05) is 0 Å². The highest BCUT2D eigenvalue weighted by molar-refractivity contribution is 5.99. The van der Waals surface area contributed by atoms with Crippen LogP contribution in [0.15, 0.2) is 60.7 Å². The van der Waals surface area contributed by atoms with E-state index in [9.17, 15) is 0 Å². The lowest BCUT2D eigenvalue weighted by Gasteiger charge is -2.05. The Labute approximate surface area is 171 Å². The van der Waals surface area contributed by atoms with Crippen LogP contribution in [-0.2, 0) is 0 Å². The second-order valence-corrected chi connectivity index (χ2v) is 7.86. The molecule has 0 heteroatoms. The molecule has 3 rings (SSSR count). The topological polar surface area (TPSA) is 0 Å². The Morgan fingerprint density at radius 2 is 1.00 bits per heavy atom. The Bertz CT molecular complexity index is 863. The molecule has 0 atom stereocenters. The zero-order valence-electron chi connectivity index (χ0n) is 17.6. The van der Waals surface area contributed by atoms with Crippen LogP contribution in [0.2, 0.25) is 0 Å². The molecule has 146 valence electrons. The molecule has 0 saturated carbocycles. The summed E-state index contributed by atoms with van der Waals surface area (Å²) in [7, 11) is 0. The summed E-state index contributed by atoms with van der Waals surface area (Å²) in [5.41, 5.74) is 2.60. The number of hydrogen-bond acceptors (Lipinski definition) is 0. The van der Waals surface area contributed by atoms with Crippen LogP contribution < -0.4 is 0 Å². The molecule has 0 heterocycles. The molecule has 0 aromatic heterocycles. The van der Waals surface area contributed by atoms with Gasteiger partial charge in [-0.05, 0) is 82.6 Å². The predicted molar refractivity (Wildman–Crippen MR) is 128 cm³/mol. The summed E-state index contributed by atoms with van der Waals surface area (Å²) in [6.45, 7) is 4.51. The summed E-state index contributed by atoms with van der Waals surface area (Å²) in [4.78, 5) is 0. The van der Waals surface area contributed by atoms with Crippen molar-refractivity contribution in [2.45, 2.75) is 65.2 Å². The molecular formula is C28H34. The van der Waals surface area contributed by atoms with Crippen molar-refractivity contribution in [2.24, 2.45) is 0 Å². The fourth-order valence-electron chi connectivity index (χ4n) is 3.70. The molecule has 0 saturated heterocycles. The molecule has 0 fully saturated rings. The van der Waals surface area contributed by atoms with Crippen molar-refractivity contribution in [3.63, 3.8) is 0 Å². The Morgan fingerprint density at radius 3 is 1.43 bits per heavy atom. The molecule has 0 aliphatic rings. The standard InChI is InChI=1S/C28H34/c1-3-5-7-9-11-13-23-15-17-25-22-28-20-24(14-12-10-8-6-4-2)16-18-26(28)21-27(25)19-23/h11-22H,3-10H2,1-2H3/b13-11+,14-12+. The first kappa shape index (κ1) is 20.4. The van der Waals surface area contributed by atoms with Gasteiger partial charge in [-0.15, -0.1) is 0 Å². The Balaban J connectivity index is 1.75. The van der Waals surface area contributed by atoms with Crippen molar-refractivity contribution in [1.82, 2.24) is 0 Å². The SMILES string of the molecule is CCCCC/C=C/c1ccc2cc3cc(/C=C/CCCCC)ccc3cc2c1. The summed E-state index contributed by atoms with van der Waals surface area (Å²) in [6, 6.07) is 18.3. The normalized spacial score (nSPS) is 12.1. The van der Waals surface area contributed by atoms with E-state index in [-0.39, 0.29) is 0 Å². The van der Waals surface area contributed by atoms with Gasteiger partial charge in [-0.2, -0.15) is 0 Å². The molecule has 0 spiro atoms. The first-order valence-electron chi connectivity index (χ1n) is 11.1. The Hall–Kier alpha value is -2.34. The smallest absolute Gasteiger partial charge is 0.0172 e. The van der Waals surface area contributed by atoms with E-state index in [0.717, 1.165) is 0 Å². The highest BCUT2D eigenvalue weighted by Crippen LogP contribution is 2.26. The minimum absolute atomic E-state index is 1.18. The number of allylic oxidation sites excluding steroid dienone is 2. The van der Waals surface area contributed by atoms with Gasteiger partial charge in [0, 0.05) is 0 Å². The summed E-state index contributed by atoms with van der Waals surface area (Å²) in [5.74, 6) is 0. The fourth-order valence-corrected chi connectivity index (χ4v) is 3.70. The zero-order chi connectivity index (χ0) is 19.6. The summed E-state index contributed by atoms with van der Waals surface area (Å²) in [5, 5.41) is 5.29. The average molecular weight is 371 g/mol. The van der Waals surface area contributed by atoms with E-state index in [2.05, 4.69) is 86.7 Å². The van der Waals surface area contributed by atoms with Crippen LogP contribution in [0.4, 0.5) is 0 Å². The number of hydrogen-bond donors (Lipinski definition) is 0. The van der Waals surface area contributed by atoms with Crippen LogP contribution in [0.5, 0.6) is 0 Å². The van der Waals surface area contributed by atoms with Gasteiger partial charge in [0.25, 0.3) is 0 Å². The number of benzene rings is 3. The highest BCUT2D eigenvalue weighted by atomic mass is 14.0. The molecule has 0 N–H and O–H groups in total. The van der Waals surface area contributed by atoms with Gasteiger partial charge >= 0.3 is 0 Å². The lowest BCUT2D eigenvalue weighted by Crippen LogP contribution is -1.80. The Morgan fingerprint density at radius 1 is 0.536 bits per heavy atom. The van der Waals surface area contributed by atoms with Crippen molar-refractivity contribution in [3.8, 4) is 0 Å². The molecule has 0 bridgehead atoms. The molecule has 0 unspecified atom stereocenters. The number of rotatable bonds is 10. The lowest BCUT2D eigenvalue weighted by molar-refractivity contribution is 0.730. The molecule has 0 nitrogen and oxygen atoms in total. The summed E-state index contributed by atoms with van der Waals surface area (Å²) >= 11 is 0. The summed E-state index contributed by atoms with van der Waals surface area (Å²) in [6.07, 6.45) is 19.3.